The van der Waals surface area contributed by atoms with Gasteiger partial charge in [-0.2, -0.15) is 5.26 Å². The van der Waals surface area contributed by atoms with Gasteiger partial charge in [-0.1, -0.05) is 24.3 Å². The van der Waals surface area contributed by atoms with Gasteiger partial charge in [-0.25, -0.2) is 4.79 Å². The molecule has 0 spiro atoms. The van der Waals surface area contributed by atoms with Crippen molar-refractivity contribution in [3.63, 3.8) is 0 Å². The van der Waals surface area contributed by atoms with E-state index < -0.39 is 17.6 Å². The smallest absolute Gasteiger partial charge is 0.407 e. The van der Waals surface area contributed by atoms with Gasteiger partial charge in [0.1, 0.15) is 29.5 Å². The Morgan fingerprint density at radius 1 is 0.943 bits per heavy atom. The van der Waals surface area contributed by atoms with E-state index in [4.69, 9.17) is 25.2 Å². The number of ether oxygens (including phenoxy) is 3. The summed E-state index contributed by atoms with van der Waals surface area (Å²) in [7, 11) is 0. The quantitative estimate of drug-likeness (QED) is 0.472. The molecule has 0 atom stereocenters. The Morgan fingerprint density at radius 3 is 2.29 bits per heavy atom. The molecule has 0 unspecified atom stereocenters. The van der Waals surface area contributed by atoms with Gasteiger partial charge in [-0.15, -0.1) is 0 Å². The molecule has 0 saturated carbocycles. The summed E-state index contributed by atoms with van der Waals surface area (Å²) >= 11 is 0. The highest BCUT2D eigenvalue weighted by Gasteiger charge is 2.15. The number of hydrogen-bond donors (Lipinski definition) is 2. The van der Waals surface area contributed by atoms with E-state index in [1.807, 2.05) is 30.3 Å². The summed E-state index contributed by atoms with van der Waals surface area (Å²) < 4.78 is 17.0. The van der Waals surface area contributed by atoms with Gasteiger partial charge in [-0.05, 0) is 68.3 Å². The van der Waals surface area contributed by atoms with Crippen LogP contribution in [0.25, 0.3) is 0 Å². The standard InChI is InChI=1S/C27H27N3O5/c1-27(2,3)35-26(32)30-16-19-5-4-6-20(11-19)17-33-23-12-21(25(29)31)13-24(14-23)34-22-9-7-18(15-28)8-10-22/h4-14H,16-17H2,1-3H3,(H2,29,31)(H,30,32). The van der Waals surface area contributed by atoms with Crippen LogP contribution in [0.4, 0.5) is 4.79 Å². The summed E-state index contributed by atoms with van der Waals surface area (Å²) in [6, 6.07) is 20.9. The lowest BCUT2D eigenvalue weighted by molar-refractivity contribution is 0.0523. The van der Waals surface area contributed by atoms with Crippen molar-refractivity contribution in [3.05, 3.63) is 89.0 Å². The lowest BCUT2D eigenvalue weighted by Crippen LogP contribution is -2.32. The fourth-order valence-corrected chi connectivity index (χ4v) is 3.07. The number of hydrogen-bond acceptors (Lipinski definition) is 6. The van der Waals surface area contributed by atoms with Gasteiger partial charge in [0.15, 0.2) is 0 Å². The second-order valence-electron chi connectivity index (χ2n) is 8.76. The molecule has 0 aliphatic carbocycles. The first-order valence-corrected chi connectivity index (χ1v) is 10.9. The summed E-state index contributed by atoms with van der Waals surface area (Å²) in [6.45, 7) is 5.94. The van der Waals surface area contributed by atoms with E-state index in [0.717, 1.165) is 11.1 Å². The maximum Gasteiger partial charge on any atom is 0.407 e. The molecule has 3 aromatic rings. The highest BCUT2D eigenvalue weighted by Crippen LogP contribution is 2.28. The molecule has 0 aliphatic rings. The average molecular weight is 474 g/mol. The fourth-order valence-electron chi connectivity index (χ4n) is 3.07. The number of nitrogens with zero attached hydrogens (tertiary/aromatic N) is 1. The summed E-state index contributed by atoms with van der Waals surface area (Å²) in [6.07, 6.45) is -0.489. The minimum absolute atomic E-state index is 0.221. The Balaban J connectivity index is 1.67. The molecule has 0 bridgehead atoms. The van der Waals surface area contributed by atoms with Crippen molar-refractivity contribution in [3.8, 4) is 23.3 Å². The largest absolute Gasteiger partial charge is 0.489 e. The van der Waals surface area contributed by atoms with Crippen LogP contribution in [0.3, 0.4) is 0 Å². The number of amides is 2. The first kappa shape index (κ1) is 25.1. The Labute approximate surface area is 204 Å². The first-order chi connectivity index (χ1) is 16.6. The van der Waals surface area contributed by atoms with E-state index in [1.54, 1.807) is 57.2 Å². The lowest BCUT2D eigenvalue weighted by Gasteiger charge is -2.19. The minimum Gasteiger partial charge on any atom is -0.489 e. The summed E-state index contributed by atoms with van der Waals surface area (Å²) in [4.78, 5) is 23.7. The average Bonchev–Trinajstić information content (AvgIpc) is 2.81. The van der Waals surface area contributed by atoms with Gasteiger partial charge in [0.05, 0.1) is 11.6 Å². The molecule has 0 radical (unpaired) electrons. The predicted octanol–water partition coefficient (Wildman–Crippen LogP) is 5.05. The third-order valence-corrected chi connectivity index (χ3v) is 4.62. The van der Waals surface area contributed by atoms with Crippen molar-refractivity contribution >= 4 is 12.0 Å². The molecule has 0 saturated heterocycles. The Bertz CT molecular complexity index is 1240. The normalized spacial score (nSPS) is 10.7. The second-order valence-corrected chi connectivity index (χ2v) is 8.76. The molecule has 35 heavy (non-hydrogen) atoms. The number of nitrogens with one attached hydrogen (secondary N) is 1. The first-order valence-electron chi connectivity index (χ1n) is 10.9. The van der Waals surface area contributed by atoms with Gasteiger partial charge < -0.3 is 25.3 Å². The number of primary amides is 1. The fraction of sp³-hybridized carbons (Fsp3) is 0.222. The Morgan fingerprint density at radius 2 is 1.63 bits per heavy atom. The molecule has 8 nitrogen and oxygen atoms in total. The van der Waals surface area contributed by atoms with Crippen LogP contribution in [0, 0.1) is 11.3 Å². The van der Waals surface area contributed by atoms with E-state index in [2.05, 4.69) is 5.32 Å². The Hall–Kier alpha value is -4.51. The van der Waals surface area contributed by atoms with Crippen LogP contribution in [-0.2, 0) is 17.9 Å². The van der Waals surface area contributed by atoms with Crippen LogP contribution in [0.2, 0.25) is 0 Å². The second kappa shape index (κ2) is 11.1. The molecule has 8 heteroatoms. The van der Waals surface area contributed by atoms with E-state index in [1.165, 1.54) is 6.07 Å². The monoisotopic (exact) mass is 473 g/mol. The van der Waals surface area contributed by atoms with Crippen molar-refractivity contribution in [2.75, 3.05) is 0 Å². The zero-order valence-electron chi connectivity index (χ0n) is 19.8. The molecular formula is C27H27N3O5. The van der Waals surface area contributed by atoms with Gasteiger partial charge in [-0.3, -0.25) is 4.79 Å². The summed E-state index contributed by atoms with van der Waals surface area (Å²) in [5.41, 5.74) is 7.41. The van der Waals surface area contributed by atoms with Crippen LogP contribution >= 0.6 is 0 Å². The topological polar surface area (TPSA) is 124 Å². The number of nitriles is 1. The molecule has 0 aliphatic heterocycles. The molecular weight excluding hydrogens is 446 g/mol. The van der Waals surface area contributed by atoms with Crippen LogP contribution in [0.1, 0.15) is 47.8 Å². The van der Waals surface area contributed by atoms with Crippen molar-refractivity contribution in [2.24, 2.45) is 5.73 Å². The maximum atomic E-state index is 11.9. The zero-order chi connectivity index (χ0) is 25.4. The minimum atomic E-state index is -0.615. The van der Waals surface area contributed by atoms with Crippen molar-refractivity contribution in [1.82, 2.24) is 5.32 Å². The third kappa shape index (κ3) is 8.09. The number of carbonyl (C=O) groups is 2. The van der Waals surface area contributed by atoms with Crippen LogP contribution in [0.15, 0.2) is 66.7 Å². The van der Waals surface area contributed by atoms with E-state index in [-0.39, 0.29) is 12.2 Å². The molecule has 2 amide bonds. The van der Waals surface area contributed by atoms with Crippen molar-refractivity contribution < 1.29 is 23.8 Å². The summed E-state index contributed by atoms with van der Waals surface area (Å²) in [5, 5.41) is 11.7. The van der Waals surface area contributed by atoms with Crippen molar-refractivity contribution in [2.45, 2.75) is 39.5 Å². The van der Waals surface area contributed by atoms with E-state index >= 15 is 0 Å². The molecule has 3 N–H and O–H groups in total. The van der Waals surface area contributed by atoms with Crippen LogP contribution in [-0.4, -0.2) is 17.6 Å². The number of alkyl carbamates (subject to hydrolysis) is 1. The zero-order valence-corrected chi connectivity index (χ0v) is 19.8. The molecule has 180 valence electrons. The van der Waals surface area contributed by atoms with Gasteiger partial charge >= 0.3 is 6.09 Å². The van der Waals surface area contributed by atoms with E-state index in [9.17, 15) is 9.59 Å². The molecule has 0 heterocycles. The Kier molecular flexibility index (Phi) is 7.95. The van der Waals surface area contributed by atoms with Crippen LogP contribution in [0.5, 0.6) is 17.2 Å². The van der Waals surface area contributed by atoms with Gasteiger partial charge in [0.2, 0.25) is 5.91 Å². The number of benzene rings is 3. The molecule has 0 fully saturated rings. The molecule has 3 rings (SSSR count). The number of carbonyl (C=O) groups excluding carboxylic acids is 2. The molecule has 0 aromatic heterocycles. The highest BCUT2D eigenvalue weighted by molar-refractivity contribution is 5.93. The van der Waals surface area contributed by atoms with E-state index in [0.29, 0.717) is 29.4 Å². The maximum absolute atomic E-state index is 11.9. The SMILES string of the molecule is CC(C)(C)OC(=O)NCc1cccc(COc2cc(Oc3ccc(C#N)cc3)cc(C(N)=O)c2)c1. The van der Waals surface area contributed by atoms with Gasteiger partial charge in [0.25, 0.3) is 0 Å². The summed E-state index contributed by atoms with van der Waals surface area (Å²) in [5.74, 6) is 0.663. The number of rotatable bonds is 8. The lowest BCUT2D eigenvalue weighted by atomic mass is 10.1. The molecule has 3 aromatic carbocycles. The highest BCUT2D eigenvalue weighted by atomic mass is 16.6. The van der Waals surface area contributed by atoms with Crippen molar-refractivity contribution in [1.29, 1.82) is 5.26 Å². The van der Waals surface area contributed by atoms with Gasteiger partial charge in [0, 0.05) is 18.2 Å². The third-order valence-electron chi connectivity index (χ3n) is 4.62. The predicted molar refractivity (Wildman–Crippen MR) is 130 cm³/mol. The number of nitrogens with two attached hydrogens (primary N) is 1. The van der Waals surface area contributed by atoms with Crippen LogP contribution < -0.4 is 20.5 Å².